The SMILES string of the molecule is CCn1cc(CC(=O)NC(CO)c2ccccc2)c2ccccc21. The predicted molar refractivity (Wildman–Crippen MR) is 95.7 cm³/mol. The Balaban J connectivity index is 1.78. The van der Waals surface area contributed by atoms with Gasteiger partial charge in [0.1, 0.15) is 0 Å². The van der Waals surface area contributed by atoms with Crippen molar-refractivity contribution < 1.29 is 9.90 Å². The molecule has 4 nitrogen and oxygen atoms in total. The van der Waals surface area contributed by atoms with E-state index in [4.69, 9.17) is 0 Å². The molecule has 0 fully saturated rings. The maximum atomic E-state index is 12.5. The van der Waals surface area contributed by atoms with Gasteiger partial charge in [0.05, 0.1) is 19.1 Å². The first-order chi connectivity index (χ1) is 11.7. The van der Waals surface area contributed by atoms with Crippen molar-refractivity contribution in [3.63, 3.8) is 0 Å². The smallest absolute Gasteiger partial charge is 0.225 e. The van der Waals surface area contributed by atoms with Gasteiger partial charge in [-0.15, -0.1) is 0 Å². The molecular weight excluding hydrogens is 300 g/mol. The summed E-state index contributed by atoms with van der Waals surface area (Å²) in [5.41, 5.74) is 3.06. The number of nitrogens with zero attached hydrogens (tertiary/aromatic N) is 1. The molecule has 2 aromatic carbocycles. The third-order valence-electron chi connectivity index (χ3n) is 4.28. The fraction of sp³-hybridized carbons (Fsp3) is 0.250. The maximum Gasteiger partial charge on any atom is 0.225 e. The Morgan fingerprint density at radius 2 is 1.83 bits per heavy atom. The Kier molecular flexibility index (Phi) is 4.96. The lowest BCUT2D eigenvalue weighted by molar-refractivity contribution is -0.121. The lowest BCUT2D eigenvalue weighted by Gasteiger charge is -2.16. The van der Waals surface area contributed by atoms with E-state index in [1.807, 2.05) is 54.7 Å². The summed E-state index contributed by atoms with van der Waals surface area (Å²) in [5.74, 6) is -0.0862. The van der Waals surface area contributed by atoms with Gasteiger partial charge in [0.15, 0.2) is 0 Å². The highest BCUT2D eigenvalue weighted by atomic mass is 16.3. The molecule has 1 atom stereocenters. The lowest BCUT2D eigenvalue weighted by Crippen LogP contribution is -2.31. The number of benzene rings is 2. The Morgan fingerprint density at radius 3 is 2.54 bits per heavy atom. The van der Waals surface area contributed by atoms with Gasteiger partial charge in [0.25, 0.3) is 0 Å². The first-order valence-electron chi connectivity index (χ1n) is 8.24. The van der Waals surface area contributed by atoms with Gasteiger partial charge in [-0.05, 0) is 24.1 Å². The van der Waals surface area contributed by atoms with Crippen LogP contribution in [-0.2, 0) is 17.8 Å². The molecule has 0 radical (unpaired) electrons. The summed E-state index contributed by atoms with van der Waals surface area (Å²) in [4.78, 5) is 12.5. The summed E-state index contributed by atoms with van der Waals surface area (Å²) < 4.78 is 2.15. The van der Waals surface area contributed by atoms with E-state index >= 15 is 0 Å². The summed E-state index contributed by atoms with van der Waals surface area (Å²) in [5, 5.41) is 13.6. The van der Waals surface area contributed by atoms with E-state index in [9.17, 15) is 9.90 Å². The molecule has 0 spiro atoms. The minimum atomic E-state index is -0.377. The van der Waals surface area contributed by atoms with Crippen LogP contribution < -0.4 is 5.32 Å². The minimum absolute atomic E-state index is 0.0862. The summed E-state index contributed by atoms with van der Waals surface area (Å²) in [6.45, 7) is 2.84. The number of para-hydroxylation sites is 1. The molecule has 0 aliphatic carbocycles. The van der Waals surface area contributed by atoms with Crippen LogP contribution in [0, 0.1) is 0 Å². The quantitative estimate of drug-likeness (QED) is 0.733. The molecule has 1 unspecified atom stereocenters. The highest BCUT2D eigenvalue weighted by Gasteiger charge is 2.16. The van der Waals surface area contributed by atoms with E-state index < -0.39 is 0 Å². The molecule has 1 heterocycles. The van der Waals surface area contributed by atoms with E-state index in [0.29, 0.717) is 6.42 Å². The molecule has 0 bridgehead atoms. The summed E-state index contributed by atoms with van der Waals surface area (Å²) in [6, 6.07) is 17.3. The number of aliphatic hydroxyl groups is 1. The second kappa shape index (κ2) is 7.32. The van der Waals surface area contributed by atoms with E-state index in [0.717, 1.165) is 28.6 Å². The number of aliphatic hydroxyl groups excluding tert-OH is 1. The van der Waals surface area contributed by atoms with Crippen molar-refractivity contribution in [2.24, 2.45) is 0 Å². The number of nitrogens with one attached hydrogen (secondary N) is 1. The number of hydrogen-bond donors (Lipinski definition) is 2. The molecule has 4 heteroatoms. The molecule has 124 valence electrons. The number of rotatable bonds is 6. The van der Waals surface area contributed by atoms with Crippen LogP contribution in [0.4, 0.5) is 0 Å². The monoisotopic (exact) mass is 322 g/mol. The zero-order chi connectivity index (χ0) is 16.9. The highest BCUT2D eigenvalue weighted by Crippen LogP contribution is 2.22. The first-order valence-corrected chi connectivity index (χ1v) is 8.24. The molecule has 3 rings (SSSR count). The zero-order valence-electron chi connectivity index (χ0n) is 13.8. The van der Waals surface area contributed by atoms with Gasteiger partial charge in [0.2, 0.25) is 5.91 Å². The normalized spacial score (nSPS) is 12.2. The number of amides is 1. The largest absolute Gasteiger partial charge is 0.394 e. The predicted octanol–water partition coefficient (Wildman–Crippen LogP) is 3.05. The molecule has 1 aromatic heterocycles. The van der Waals surface area contributed by atoms with Gasteiger partial charge < -0.3 is 15.0 Å². The fourth-order valence-electron chi connectivity index (χ4n) is 3.06. The van der Waals surface area contributed by atoms with E-state index in [1.54, 1.807) is 0 Å². The average molecular weight is 322 g/mol. The van der Waals surface area contributed by atoms with Gasteiger partial charge in [0, 0.05) is 23.6 Å². The van der Waals surface area contributed by atoms with Crippen LogP contribution in [0.2, 0.25) is 0 Å². The van der Waals surface area contributed by atoms with Crippen LogP contribution in [0.15, 0.2) is 60.8 Å². The molecule has 0 saturated carbocycles. The molecule has 2 N–H and O–H groups in total. The second-order valence-corrected chi connectivity index (χ2v) is 5.85. The Hall–Kier alpha value is -2.59. The van der Waals surface area contributed by atoms with Crippen LogP contribution in [-0.4, -0.2) is 22.2 Å². The molecular formula is C20H22N2O2. The number of aromatic nitrogens is 1. The van der Waals surface area contributed by atoms with Gasteiger partial charge in [-0.3, -0.25) is 4.79 Å². The Morgan fingerprint density at radius 1 is 1.12 bits per heavy atom. The first kappa shape index (κ1) is 16.3. The molecule has 0 aliphatic heterocycles. The topological polar surface area (TPSA) is 54.3 Å². The lowest BCUT2D eigenvalue weighted by atomic mass is 10.1. The van der Waals surface area contributed by atoms with Crippen LogP contribution in [0.25, 0.3) is 10.9 Å². The van der Waals surface area contributed by atoms with Crippen LogP contribution in [0.1, 0.15) is 24.1 Å². The average Bonchev–Trinajstić information content (AvgIpc) is 2.98. The van der Waals surface area contributed by atoms with E-state index in [1.165, 1.54) is 0 Å². The van der Waals surface area contributed by atoms with Gasteiger partial charge in [-0.1, -0.05) is 48.5 Å². The zero-order valence-corrected chi connectivity index (χ0v) is 13.8. The molecule has 1 amide bonds. The van der Waals surface area contributed by atoms with Gasteiger partial charge >= 0.3 is 0 Å². The summed E-state index contributed by atoms with van der Waals surface area (Å²) in [7, 11) is 0. The summed E-state index contributed by atoms with van der Waals surface area (Å²) in [6.07, 6.45) is 2.34. The summed E-state index contributed by atoms with van der Waals surface area (Å²) >= 11 is 0. The van der Waals surface area contributed by atoms with Crippen molar-refractivity contribution in [3.8, 4) is 0 Å². The van der Waals surface area contributed by atoms with Gasteiger partial charge in [-0.2, -0.15) is 0 Å². The number of fused-ring (bicyclic) bond motifs is 1. The highest BCUT2D eigenvalue weighted by molar-refractivity contribution is 5.89. The van der Waals surface area contributed by atoms with Crippen molar-refractivity contribution in [3.05, 3.63) is 71.9 Å². The fourth-order valence-corrected chi connectivity index (χ4v) is 3.06. The maximum absolute atomic E-state index is 12.5. The van der Waals surface area contributed by atoms with Crippen molar-refractivity contribution in [1.82, 2.24) is 9.88 Å². The third-order valence-corrected chi connectivity index (χ3v) is 4.28. The second-order valence-electron chi connectivity index (χ2n) is 5.85. The van der Waals surface area contributed by atoms with Crippen LogP contribution in [0.3, 0.4) is 0 Å². The van der Waals surface area contributed by atoms with E-state index in [2.05, 4.69) is 22.9 Å². The molecule has 0 aliphatic rings. The standard InChI is InChI=1S/C20H22N2O2/c1-2-22-13-16(17-10-6-7-11-19(17)22)12-20(24)21-18(14-23)15-8-4-3-5-9-15/h3-11,13,18,23H,2,12,14H2,1H3,(H,21,24). The Bertz CT molecular complexity index is 824. The third kappa shape index (κ3) is 3.34. The number of carbonyl (C=O) groups excluding carboxylic acids is 1. The van der Waals surface area contributed by atoms with Gasteiger partial charge in [-0.25, -0.2) is 0 Å². The Labute approximate surface area is 141 Å². The molecule has 0 saturated heterocycles. The van der Waals surface area contributed by atoms with Crippen LogP contribution in [0.5, 0.6) is 0 Å². The van der Waals surface area contributed by atoms with Crippen LogP contribution >= 0.6 is 0 Å². The number of hydrogen-bond acceptors (Lipinski definition) is 2. The van der Waals surface area contributed by atoms with E-state index in [-0.39, 0.29) is 18.6 Å². The number of carbonyl (C=O) groups is 1. The molecule has 3 aromatic rings. The number of aryl methyl sites for hydroxylation is 1. The van der Waals surface area contributed by atoms with Crippen molar-refractivity contribution in [2.45, 2.75) is 25.9 Å². The minimum Gasteiger partial charge on any atom is -0.394 e. The van der Waals surface area contributed by atoms with Crippen molar-refractivity contribution in [1.29, 1.82) is 0 Å². The van der Waals surface area contributed by atoms with Crippen molar-refractivity contribution >= 4 is 16.8 Å². The van der Waals surface area contributed by atoms with Crippen molar-refractivity contribution in [2.75, 3.05) is 6.61 Å². The molecule has 24 heavy (non-hydrogen) atoms.